The number of hydrogen-bond donors (Lipinski definition) is 0. The first-order valence-corrected chi connectivity index (χ1v) is 5.78. The van der Waals surface area contributed by atoms with Crippen molar-refractivity contribution < 1.29 is 0 Å². The van der Waals surface area contributed by atoms with Crippen LogP contribution < -0.4 is 0 Å². The van der Waals surface area contributed by atoms with Crippen molar-refractivity contribution in [3.8, 4) is 0 Å². The van der Waals surface area contributed by atoms with Crippen LogP contribution in [0, 0.1) is 0 Å². The van der Waals surface area contributed by atoms with E-state index in [-0.39, 0.29) is 0 Å². The predicted molar refractivity (Wildman–Crippen MR) is 64.6 cm³/mol. The van der Waals surface area contributed by atoms with Crippen LogP contribution in [-0.2, 0) is 12.8 Å². The summed E-state index contributed by atoms with van der Waals surface area (Å²) < 4.78 is 0.444. The quantitative estimate of drug-likeness (QED) is 0.486. The van der Waals surface area contributed by atoms with Gasteiger partial charge in [-0.3, -0.25) is 0 Å². The molecule has 11 heavy (non-hydrogen) atoms. The van der Waals surface area contributed by atoms with Crippen molar-refractivity contribution in [1.29, 1.82) is 0 Å². The lowest BCUT2D eigenvalue weighted by Gasteiger charge is -2.09. The highest BCUT2D eigenvalue weighted by Crippen LogP contribution is 2.41. The Morgan fingerprint density at radius 2 is 1.45 bits per heavy atom. The summed E-state index contributed by atoms with van der Waals surface area (Å²) in [7, 11) is 0. The molecule has 1 aliphatic rings. The first kappa shape index (κ1) is 8.29. The summed E-state index contributed by atoms with van der Waals surface area (Å²) in [6.07, 6.45) is 2.45. The van der Waals surface area contributed by atoms with Crippen molar-refractivity contribution in [3.63, 3.8) is 0 Å². The zero-order valence-corrected chi connectivity index (χ0v) is 10.3. The Morgan fingerprint density at radius 3 is 1.91 bits per heavy atom. The average molecular weight is 370 g/mol. The van der Waals surface area contributed by atoms with E-state index in [2.05, 4.69) is 69.4 Å². The first-order chi connectivity index (χ1) is 5.17. The molecule has 0 heterocycles. The van der Waals surface area contributed by atoms with Gasteiger partial charge in [-0.15, -0.1) is 0 Å². The molecule has 0 nitrogen and oxygen atoms in total. The minimum atomic E-state index is 0.444. The molecule has 1 aromatic rings. The van der Waals surface area contributed by atoms with Crippen LogP contribution in [0.3, 0.4) is 0 Å². The van der Waals surface area contributed by atoms with E-state index in [0.29, 0.717) is 1.43 Å². The molecule has 0 radical (unpaired) electrons. The first-order valence-electron chi connectivity index (χ1n) is 3.62. The smallest absolute Gasteiger partial charge is 0.0665 e. The molecule has 0 aliphatic heterocycles. The lowest BCUT2D eigenvalue weighted by molar-refractivity contribution is 0.942. The SMILES string of the molecule is IC1(I)Cc2ccccc2C1. The van der Waals surface area contributed by atoms with E-state index in [1.807, 2.05) is 0 Å². The van der Waals surface area contributed by atoms with Crippen molar-refractivity contribution in [2.75, 3.05) is 0 Å². The largest absolute Gasteiger partial charge is 0.0815 e. The van der Waals surface area contributed by atoms with Gasteiger partial charge in [0, 0.05) is 0 Å². The molecule has 0 amide bonds. The molecule has 1 aliphatic carbocycles. The van der Waals surface area contributed by atoms with Gasteiger partial charge >= 0.3 is 0 Å². The number of fused-ring (bicyclic) bond motifs is 1. The molecule has 1 aromatic carbocycles. The lowest BCUT2D eigenvalue weighted by atomic mass is 10.1. The average Bonchev–Trinajstić information content (AvgIpc) is 2.21. The van der Waals surface area contributed by atoms with Crippen LogP contribution in [0.2, 0.25) is 0 Å². The van der Waals surface area contributed by atoms with E-state index >= 15 is 0 Å². The second kappa shape index (κ2) is 2.87. The molecule has 0 fully saturated rings. The number of hydrogen-bond acceptors (Lipinski definition) is 0. The topological polar surface area (TPSA) is 0 Å². The van der Waals surface area contributed by atoms with E-state index in [4.69, 9.17) is 0 Å². The lowest BCUT2D eigenvalue weighted by Crippen LogP contribution is -2.08. The predicted octanol–water partition coefficient (Wildman–Crippen LogP) is 3.35. The normalized spacial score (nSPS) is 19.8. The van der Waals surface area contributed by atoms with Crippen LogP contribution in [0.1, 0.15) is 11.1 Å². The highest BCUT2D eigenvalue weighted by Gasteiger charge is 2.31. The summed E-state index contributed by atoms with van der Waals surface area (Å²) in [5.41, 5.74) is 3.08. The van der Waals surface area contributed by atoms with Gasteiger partial charge in [-0.1, -0.05) is 69.4 Å². The summed E-state index contributed by atoms with van der Waals surface area (Å²) in [5, 5.41) is 0. The molecule has 0 saturated carbocycles. The third kappa shape index (κ3) is 1.71. The van der Waals surface area contributed by atoms with E-state index in [0.717, 1.165) is 0 Å². The third-order valence-corrected chi connectivity index (χ3v) is 3.54. The van der Waals surface area contributed by atoms with Gasteiger partial charge in [-0.25, -0.2) is 0 Å². The Kier molecular flexibility index (Phi) is 2.16. The number of alkyl halides is 2. The van der Waals surface area contributed by atoms with E-state index < -0.39 is 0 Å². The molecule has 2 heteroatoms. The zero-order chi connectivity index (χ0) is 7.90. The molecule has 58 valence electrons. The Labute approximate surface area is 94.0 Å². The third-order valence-electron chi connectivity index (χ3n) is 2.02. The molecule has 0 bridgehead atoms. The van der Waals surface area contributed by atoms with Crippen LogP contribution in [0.5, 0.6) is 0 Å². The highest BCUT2D eigenvalue weighted by atomic mass is 127. The Hall–Kier alpha value is 0.680. The van der Waals surface area contributed by atoms with Gasteiger partial charge in [0.15, 0.2) is 0 Å². The molecule has 0 N–H and O–H groups in total. The van der Waals surface area contributed by atoms with Crippen molar-refractivity contribution in [2.45, 2.75) is 14.3 Å². The van der Waals surface area contributed by atoms with Gasteiger partial charge < -0.3 is 0 Å². The Balaban J connectivity index is 2.41. The Morgan fingerprint density at radius 1 is 1.00 bits per heavy atom. The fraction of sp³-hybridized carbons (Fsp3) is 0.333. The van der Waals surface area contributed by atoms with Crippen molar-refractivity contribution in [2.24, 2.45) is 0 Å². The maximum Gasteiger partial charge on any atom is 0.0815 e. The van der Waals surface area contributed by atoms with Crippen LogP contribution in [0.25, 0.3) is 0 Å². The van der Waals surface area contributed by atoms with Gasteiger partial charge in [0.1, 0.15) is 0 Å². The van der Waals surface area contributed by atoms with Gasteiger partial charge in [-0.2, -0.15) is 0 Å². The van der Waals surface area contributed by atoms with E-state index in [9.17, 15) is 0 Å². The van der Waals surface area contributed by atoms with Crippen molar-refractivity contribution in [3.05, 3.63) is 35.4 Å². The highest BCUT2D eigenvalue weighted by molar-refractivity contribution is 14.2. The van der Waals surface area contributed by atoms with Gasteiger partial charge in [-0.05, 0) is 24.0 Å². The molecule has 0 spiro atoms. The van der Waals surface area contributed by atoms with Crippen molar-refractivity contribution >= 4 is 45.2 Å². The Bertz CT molecular complexity index is 252. The van der Waals surface area contributed by atoms with Crippen molar-refractivity contribution in [1.82, 2.24) is 0 Å². The molecular weight excluding hydrogens is 362 g/mol. The number of halogens is 2. The van der Waals surface area contributed by atoms with E-state index in [1.165, 1.54) is 24.0 Å². The summed E-state index contributed by atoms with van der Waals surface area (Å²) in [6.45, 7) is 0. The minimum Gasteiger partial charge on any atom is -0.0665 e. The molecule has 0 saturated heterocycles. The summed E-state index contributed by atoms with van der Waals surface area (Å²) in [6, 6.07) is 8.75. The molecular formula is C9H8I2. The monoisotopic (exact) mass is 370 g/mol. The number of rotatable bonds is 0. The van der Waals surface area contributed by atoms with Crippen LogP contribution >= 0.6 is 45.2 Å². The molecule has 2 rings (SSSR count). The molecule has 0 unspecified atom stereocenters. The van der Waals surface area contributed by atoms with Gasteiger partial charge in [0.05, 0.1) is 1.43 Å². The number of benzene rings is 1. The fourth-order valence-electron chi connectivity index (χ4n) is 1.52. The zero-order valence-electron chi connectivity index (χ0n) is 5.98. The molecule has 0 aromatic heterocycles. The fourth-order valence-corrected chi connectivity index (χ4v) is 3.17. The second-order valence-corrected chi connectivity index (χ2v) is 9.17. The van der Waals surface area contributed by atoms with Crippen LogP contribution in [-0.4, -0.2) is 1.43 Å². The standard InChI is InChI=1S/C9H8I2/c10-9(11)5-7-3-1-2-4-8(7)6-9/h1-4H,5-6H2. The molecule has 0 atom stereocenters. The van der Waals surface area contributed by atoms with Gasteiger partial charge in [0.25, 0.3) is 0 Å². The maximum atomic E-state index is 2.55. The second-order valence-electron chi connectivity index (χ2n) is 2.98. The summed E-state index contributed by atoms with van der Waals surface area (Å²) in [5.74, 6) is 0. The minimum absolute atomic E-state index is 0.444. The van der Waals surface area contributed by atoms with Gasteiger partial charge in [0.2, 0.25) is 0 Å². The van der Waals surface area contributed by atoms with E-state index in [1.54, 1.807) is 0 Å². The summed E-state index contributed by atoms with van der Waals surface area (Å²) in [4.78, 5) is 0. The summed E-state index contributed by atoms with van der Waals surface area (Å²) >= 11 is 5.10. The van der Waals surface area contributed by atoms with Crippen LogP contribution in [0.4, 0.5) is 0 Å². The maximum absolute atomic E-state index is 2.55. The van der Waals surface area contributed by atoms with Crippen LogP contribution in [0.15, 0.2) is 24.3 Å².